The van der Waals surface area contributed by atoms with Crippen molar-refractivity contribution in [3.8, 4) is 11.5 Å². The smallest absolute Gasteiger partial charge is 0.265 e. The first kappa shape index (κ1) is 24.4. The summed E-state index contributed by atoms with van der Waals surface area (Å²) in [5, 5.41) is 9.50. The number of benzene rings is 2. The molecule has 2 heterocycles. The molecule has 8 heteroatoms. The maximum absolute atomic E-state index is 12.0. The second kappa shape index (κ2) is 10.4. The largest absolute Gasteiger partial charge is 0.479 e. The van der Waals surface area contributed by atoms with Gasteiger partial charge in [0.1, 0.15) is 11.5 Å². The van der Waals surface area contributed by atoms with E-state index in [-0.39, 0.29) is 11.8 Å². The van der Waals surface area contributed by atoms with Crippen LogP contribution in [0.25, 0.3) is 0 Å². The van der Waals surface area contributed by atoms with Crippen molar-refractivity contribution in [2.75, 3.05) is 35.7 Å². The van der Waals surface area contributed by atoms with E-state index >= 15 is 0 Å². The molecule has 2 aromatic carbocycles. The topological polar surface area (TPSA) is 91.9 Å². The Hall–Kier alpha value is -3.26. The first-order chi connectivity index (χ1) is 17.4. The van der Waals surface area contributed by atoms with E-state index in [9.17, 15) is 9.59 Å². The van der Waals surface area contributed by atoms with E-state index in [1.54, 1.807) is 13.8 Å². The lowest BCUT2D eigenvalue weighted by Gasteiger charge is -2.33. The number of nitrogens with one attached hydrogen (secondary N) is 3. The molecule has 4 unspecified atom stereocenters. The standard InChI is InChI=1S/C28H36N4O4/c1-17-27(33)30-23-12-20(7-9-25(23)35-17)15-29-14-19-5-4-6-21(11-19)16-32(3)22-8-10-26-24(13-22)31-28(34)18(2)36-26/h7-10,12-13,17-19,21,29H,4-6,11,14-16H2,1-3H3,(H,30,33)(H,31,34). The molecule has 36 heavy (non-hydrogen) atoms. The second-order valence-electron chi connectivity index (χ2n) is 10.4. The van der Waals surface area contributed by atoms with Gasteiger partial charge in [-0.05, 0) is 87.4 Å². The number of amides is 2. The fourth-order valence-electron chi connectivity index (χ4n) is 5.47. The minimum absolute atomic E-state index is 0.103. The highest BCUT2D eigenvalue weighted by molar-refractivity contribution is 5.98. The molecule has 3 N–H and O–H groups in total. The number of carbonyl (C=O) groups is 2. The van der Waals surface area contributed by atoms with Crippen LogP contribution in [-0.2, 0) is 16.1 Å². The van der Waals surface area contributed by atoms with E-state index in [0.717, 1.165) is 53.8 Å². The molecule has 0 aromatic heterocycles. The van der Waals surface area contributed by atoms with Gasteiger partial charge in [0.2, 0.25) is 0 Å². The molecule has 2 aromatic rings. The Morgan fingerprint density at radius 1 is 0.917 bits per heavy atom. The van der Waals surface area contributed by atoms with Crippen molar-refractivity contribution in [2.45, 2.75) is 58.3 Å². The third-order valence-electron chi connectivity index (χ3n) is 7.50. The maximum Gasteiger partial charge on any atom is 0.265 e. The first-order valence-electron chi connectivity index (χ1n) is 13.0. The van der Waals surface area contributed by atoms with Gasteiger partial charge in [0.15, 0.2) is 12.2 Å². The van der Waals surface area contributed by atoms with E-state index in [0.29, 0.717) is 11.8 Å². The average Bonchev–Trinajstić information content (AvgIpc) is 2.85. The summed E-state index contributed by atoms with van der Waals surface area (Å²) in [5.74, 6) is 2.54. The summed E-state index contributed by atoms with van der Waals surface area (Å²) < 4.78 is 11.3. The van der Waals surface area contributed by atoms with Crippen LogP contribution in [0.5, 0.6) is 11.5 Å². The summed E-state index contributed by atoms with van der Waals surface area (Å²) >= 11 is 0. The lowest BCUT2D eigenvalue weighted by Crippen LogP contribution is -2.35. The summed E-state index contributed by atoms with van der Waals surface area (Å²) in [6, 6.07) is 12.0. The van der Waals surface area contributed by atoms with E-state index in [1.807, 2.05) is 24.3 Å². The monoisotopic (exact) mass is 492 g/mol. The van der Waals surface area contributed by atoms with Gasteiger partial charge in [-0.3, -0.25) is 9.59 Å². The average molecular weight is 493 g/mol. The van der Waals surface area contributed by atoms with Crippen molar-refractivity contribution in [1.29, 1.82) is 0 Å². The van der Waals surface area contributed by atoms with Crippen LogP contribution in [0.2, 0.25) is 0 Å². The summed E-state index contributed by atoms with van der Waals surface area (Å²) in [7, 11) is 2.12. The van der Waals surface area contributed by atoms with Crippen LogP contribution in [0.4, 0.5) is 17.1 Å². The molecule has 1 saturated carbocycles. The van der Waals surface area contributed by atoms with E-state index < -0.39 is 12.2 Å². The van der Waals surface area contributed by atoms with Gasteiger partial charge >= 0.3 is 0 Å². The second-order valence-corrected chi connectivity index (χ2v) is 10.4. The molecular formula is C28H36N4O4. The number of fused-ring (bicyclic) bond motifs is 2. The molecule has 2 amide bonds. The van der Waals surface area contributed by atoms with Crippen molar-refractivity contribution in [2.24, 2.45) is 11.8 Å². The molecule has 0 saturated heterocycles. The van der Waals surface area contributed by atoms with Crippen molar-refractivity contribution in [3.05, 3.63) is 42.0 Å². The lowest BCUT2D eigenvalue weighted by atomic mass is 9.81. The molecule has 1 fully saturated rings. The number of anilines is 3. The molecular weight excluding hydrogens is 456 g/mol. The number of ether oxygens (including phenoxy) is 2. The molecule has 0 bridgehead atoms. The number of nitrogens with zero attached hydrogens (tertiary/aromatic N) is 1. The molecule has 3 aliphatic rings. The summed E-state index contributed by atoms with van der Waals surface area (Å²) in [4.78, 5) is 26.2. The number of hydrogen-bond acceptors (Lipinski definition) is 6. The van der Waals surface area contributed by atoms with Crippen molar-refractivity contribution in [1.82, 2.24) is 5.32 Å². The Bertz CT molecular complexity index is 1140. The van der Waals surface area contributed by atoms with Crippen molar-refractivity contribution >= 4 is 28.9 Å². The zero-order chi connectivity index (χ0) is 25.2. The molecule has 8 nitrogen and oxygen atoms in total. The molecule has 1 aliphatic carbocycles. The molecule has 5 rings (SSSR count). The number of rotatable bonds is 7. The molecule has 192 valence electrons. The molecule has 0 spiro atoms. The lowest BCUT2D eigenvalue weighted by molar-refractivity contribution is -0.123. The summed E-state index contributed by atoms with van der Waals surface area (Å²) in [6.45, 7) is 6.25. The predicted octanol–water partition coefficient (Wildman–Crippen LogP) is 4.16. The SMILES string of the molecule is CC1Oc2ccc(CNCC3CCCC(CN(C)c4ccc5c(c4)NC(=O)C(C)O5)C3)cc2NC1=O. The minimum atomic E-state index is -0.459. The molecule has 0 radical (unpaired) electrons. The molecule has 4 atom stereocenters. The minimum Gasteiger partial charge on any atom is -0.479 e. The molecule has 2 aliphatic heterocycles. The van der Waals surface area contributed by atoms with Gasteiger partial charge in [0.25, 0.3) is 11.8 Å². The number of carbonyl (C=O) groups excluding carboxylic acids is 2. The van der Waals surface area contributed by atoms with Gasteiger partial charge in [-0.1, -0.05) is 12.5 Å². The fraction of sp³-hybridized carbons (Fsp3) is 0.500. The van der Waals surface area contributed by atoms with Crippen molar-refractivity contribution in [3.63, 3.8) is 0 Å². The van der Waals surface area contributed by atoms with Gasteiger partial charge in [-0.25, -0.2) is 0 Å². The summed E-state index contributed by atoms with van der Waals surface area (Å²) in [6.07, 6.45) is 4.03. The van der Waals surface area contributed by atoms with Gasteiger partial charge in [0, 0.05) is 25.8 Å². The van der Waals surface area contributed by atoms with Gasteiger partial charge < -0.3 is 30.3 Å². The van der Waals surface area contributed by atoms with E-state index in [4.69, 9.17) is 9.47 Å². The fourth-order valence-corrected chi connectivity index (χ4v) is 5.47. The van der Waals surface area contributed by atoms with Crippen LogP contribution in [0.15, 0.2) is 36.4 Å². The first-order valence-corrected chi connectivity index (χ1v) is 13.0. The Labute approximate surface area is 212 Å². The van der Waals surface area contributed by atoms with Crippen LogP contribution < -0.4 is 30.3 Å². The van der Waals surface area contributed by atoms with Crippen molar-refractivity contribution < 1.29 is 19.1 Å². The van der Waals surface area contributed by atoms with Gasteiger partial charge in [-0.15, -0.1) is 0 Å². The van der Waals surface area contributed by atoms with Crippen LogP contribution >= 0.6 is 0 Å². The quantitative estimate of drug-likeness (QED) is 0.538. The Morgan fingerprint density at radius 2 is 1.56 bits per heavy atom. The summed E-state index contributed by atoms with van der Waals surface area (Å²) in [5.41, 5.74) is 3.72. The Morgan fingerprint density at radius 3 is 2.28 bits per heavy atom. The van der Waals surface area contributed by atoms with Crippen LogP contribution in [0, 0.1) is 11.8 Å². The van der Waals surface area contributed by atoms with Gasteiger partial charge in [0.05, 0.1) is 11.4 Å². The zero-order valence-corrected chi connectivity index (χ0v) is 21.3. The zero-order valence-electron chi connectivity index (χ0n) is 21.3. The van der Waals surface area contributed by atoms with Gasteiger partial charge in [-0.2, -0.15) is 0 Å². The van der Waals surface area contributed by atoms with Crippen LogP contribution in [-0.4, -0.2) is 44.2 Å². The number of hydrogen-bond donors (Lipinski definition) is 3. The normalized spacial score (nSPS) is 25.0. The Kier molecular flexibility index (Phi) is 7.05. The van der Waals surface area contributed by atoms with Crippen LogP contribution in [0.1, 0.15) is 45.1 Å². The highest BCUT2D eigenvalue weighted by Gasteiger charge is 2.26. The highest BCUT2D eigenvalue weighted by atomic mass is 16.5. The highest BCUT2D eigenvalue weighted by Crippen LogP contribution is 2.35. The third-order valence-corrected chi connectivity index (χ3v) is 7.50. The Balaban J connectivity index is 1.11. The maximum atomic E-state index is 12.0. The van der Waals surface area contributed by atoms with E-state index in [2.05, 4.69) is 40.0 Å². The third kappa shape index (κ3) is 5.43. The predicted molar refractivity (Wildman–Crippen MR) is 141 cm³/mol. The van der Waals surface area contributed by atoms with E-state index in [1.165, 1.54) is 25.7 Å². The van der Waals surface area contributed by atoms with Crippen LogP contribution in [0.3, 0.4) is 0 Å².